The fourth-order valence-corrected chi connectivity index (χ4v) is 1.11. The normalized spacial score (nSPS) is 30.2. The van der Waals surface area contributed by atoms with Crippen LogP contribution in [0.3, 0.4) is 0 Å². The maximum Gasteiger partial charge on any atom is -0.0291 e. The van der Waals surface area contributed by atoms with E-state index in [2.05, 4.69) is 13.8 Å². The number of hydrogen-bond donors (Lipinski definition) is 0. The second kappa shape index (κ2) is 16.2. The van der Waals surface area contributed by atoms with Crippen LogP contribution in [0.15, 0.2) is 0 Å². The van der Waals surface area contributed by atoms with Crippen molar-refractivity contribution in [3.63, 3.8) is 0 Å². The first kappa shape index (κ1) is 25.0. The van der Waals surface area contributed by atoms with E-state index in [9.17, 15) is 0 Å². The molecule has 0 atom stereocenters. The summed E-state index contributed by atoms with van der Waals surface area (Å²) in [5.74, 6) is 2.28. The monoisotopic (exact) mass is 352 g/mol. The van der Waals surface area contributed by atoms with Gasteiger partial charge >= 0.3 is 0 Å². The molecule has 0 unspecified atom stereocenters. The molecule has 0 aliphatic heterocycles. The second-order valence-corrected chi connectivity index (χ2v) is 8.68. The number of rotatable bonds is 0. The van der Waals surface area contributed by atoms with Gasteiger partial charge in [0.1, 0.15) is 0 Å². The quantitative estimate of drug-likeness (QED) is 0.407. The van der Waals surface area contributed by atoms with Crippen molar-refractivity contribution in [3.05, 3.63) is 0 Å². The zero-order chi connectivity index (χ0) is 19.0. The van der Waals surface area contributed by atoms with Crippen molar-refractivity contribution in [2.75, 3.05) is 0 Å². The van der Waals surface area contributed by atoms with E-state index in [4.69, 9.17) is 0 Å². The summed E-state index contributed by atoms with van der Waals surface area (Å²) in [6.45, 7) is 12.7. The first-order valence-corrected chi connectivity index (χ1v) is 12.2. The van der Waals surface area contributed by atoms with Crippen LogP contribution in [0.25, 0.3) is 0 Å². The molecule has 7 saturated carbocycles. The standard InChI is InChI=1S/C5H8.C4H8.4C3H6.2C2H6/c1-5-2-4(5)3-5;1-4-2-3-4;4*1-2-3-1;2*1-2/h4H,2-3H2,1H3;4H,2-3H2,1H3;4*1-3H2;2*1-2H3. The van der Waals surface area contributed by atoms with Gasteiger partial charge in [-0.25, -0.2) is 0 Å². The van der Waals surface area contributed by atoms with E-state index in [0.717, 1.165) is 11.3 Å². The second-order valence-electron chi connectivity index (χ2n) is 8.68. The van der Waals surface area contributed by atoms with E-state index in [0.29, 0.717) is 0 Å². The molecule has 7 aliphatic carbocycles. The topological polar surface area (TPSA) is 0 Å². The summed E-state index contributed by atoms with van der Waals surface area (Å²) >= 11 is 0. The van der Waals surface area contributed by atoms with E-state index >= 15 is 0 Å². The highest BCUT2D eigenvalue weighted by atomic mass is 14.7. The van der Waals surface area contributed by atoms with Crippen LogP contribution >= 0.6 is 0 Å². The van der Waals surface area contributed by atoms with Crippen molar-refractivity contribution in [1.29, 1.82) is 0 Å². The van der Waals surface area contributed by atoms with Crippen LogP contribution in [0, 0.1) is 17.3 Å². The molecule has 0 amide bonds. The summed E-state index contributed by atoms with van der Waals surface area (Å²) in [6.07, 6.45) is 24.1. The third-order valence-electron chi connectivity index (χ3n) is 4.37. The minimum Gasteiger partial charge on any atom is -0.0683 e. The highest BCUT2D eigenvalue weighted by Crippen LogP contribution is 2.74. The molecule has 0 spiro atoms. The van der Waals surface area contributed by atoms with E-state index in [1.807, 2.05) is 27.7 Å². The summed E-state index contributed by atoms with van der Waals surface area (Å²) in [5, 5.41) is 0. The predicted octanol–water partition coefficient (Wildman–Crippen LogP) is 9.57. The molecule has 0 nitrogen and oxygen atoms in total. The van der Waals surface area contributed by atoms with Gasteiger partial charge in [0.05, 0.1) is 0 Å². The van der Waals surface area contributed by atoms with Crippen molar-refractivity contribution in [2.24, 2.45) is 17.3 Å². The fourth-order valence-electron chi connectivity index (χ4n) is 1.11. The SMILES string of the molecule is C1CC1.C1CC1.C1CC1.C1CC1.CC.CC.CC12CC1C2.CC1CC1. The zero-order valence-corrected chi connectivity index (χ0v) is 19.0. The Labute approximate surface area is 161 Å². The van der Waals surface area contributed by atoms with Crippen LogP contribution in [0.5, 0.6) is 0 Å². The molecule has 7 aliphatic rings. The van der Waals surface area contributed by atoms with Crippen molar-refractivity contribution in [2.45, 2.75) is 144 Å². The van der Waals surface area contributed by atoms with Gasteiger partial charge in [-0.05, 0) is 30.1 Å². The maximum absolute atomic E-state index is 2.37. The number of hydrogen-bond acceptors (Lipinski definition) is 0. The van der Waals surface area contributed by atoms with E-state index < -0.39 is 0 Å². The molecule has 7 fully saturated rings. The van der Waals surface area contributed by atoms with Crippen LogP contribution in [-0.2, 0) is 0 Å². The largest absolute Gasteiger partial charge is 0.0683 e. The molecular formula is C25H52. The first-order chi connectivity index (χ1) is 12.2. The molecule has 0 aromatic heterocycles. The zero-order valence-electron chi connectivity index (χ0n) is 19.0. The fraction of sp³-hybridized carbons (Fsp3) is 1.00. The Bertz CT molecular complexity index is 214. The lowest BCUT2D eigenvalue weighted by Gasteiger charge is -1.79. The van der Waals surface area contributed by atoms with Crippen LogP contribution in [0.4, 0.5) is 0 Å². The van der Waals surface area contributed by atoms with Crippen LogP contribution in [-0.4, -0.2) is 0 Å². The van der Waals surface area contributed by atoms with E-state index in [1.54, 1.807) is 12.8 Å². The van der Waals surface area contributed by atoms with Gasteiger partial charge in [-0.3, -0.25) is 0 Å². The molecule has 0 heterocycles. The molecule has 7 rings (SSSR count). The predicted molar refractivity (Wildman–Crippen MR) is 117 cm³/mol. The maximum atomic E-state index is 2.37. The average molecular weight is 353 g/mol. The van der Waals surface area contributed by atoms with Gasteiger partial charge < -0.3 is 0 Å². The third-order valence-corrected chi connectivity index (χ3v) is 4.37. The summed E-state index contributed by atoms with van der Waals surface area (Å²) in [6, 6.07) is 0. The molecule has 0 heteroatoms. The summed E-state index contributed by atoms with van der Waals surface area (Å²) in [4.78, 5) is 0. The average Bonchev–Trinajstić information content (AvgIpc) is 3.46. The van der Waals surface area contributed by atoms with Crippen LogP contribution in [0.2, 0.25) is 0 Å². The molecule has 0 saturated heterocycles. The molecule has 25 heavy (non-hydrogen) atoms. The van der Waals surface area contributed by atoms with Crippen LogP contribution in [0.1, 0.15) is 144 Å². The van der Waals surface area contributed by atoms with Crippen molar-refractivity contribution >= 4 is 0 Å². The van der Waals surface area contributed by atoms with Crippen LogP contribution < -0.4 is 0 Å². The minimum absolute atomic E-state index is 0.917. The van der Waals surface area contributed by atoms with Gasteiger partial charge in [-0.1, -0.05) is 131 Å². The van der Waals surface area contributed by atoms with Gasteiger partial charge in [0.15, 0.2) is 0 Å². The van der Waals surface area contributed by atoms with Gasteiger partial charge in [-0.2, -0.15) is 0 Å². The smallest absolute Gasteiger partial charge is 0.0291 e. The Kier molecular flexibility index (Phi) is 16.2. The summed E-state index contributed by atoms with van der Waals surface area (Å²) in [5.41, 5.74) is 0.917. The third kappa shape index (κ3) is 32.2. The Morgan fingerprint density at radius 2 is 0.640 bits per heavy atom. The molecule has 152 valence electrons. The van der Waals surface area contributed by atoms with E-state index in [-0.39, 0.29) is 0 Å². The lowest BCUT2D eigenvalue weighted by atomic mass is 10.3. The molecule has 0 N–H and O–H groups in total. The molecule has 0 aromatic rings. The Hall–Kier alpha value is 0. The highest BCUT2D eigenvalue weighted by molar-refractivity contribution is 5.15. The molecule has 0 radical (unpaired) electrons. The van der Waals surface area contributed by atoms with Gasteiger partial charge in [0.2, 0.25) is 0 Å². The summed E-state index contributed by atoms with van der Waals surface area (Å²) < 4.78 is 0. The van der Waals surface area contributed by atoms with Gasteiger partial charge in [0.25, 0.3) is 0 Å². The molecule has 0 aromatic carbocycles. The lowest BCUT2D eigenvalue weighted by molar-refractivity contribution is 0.723. The number of fused-ring (bicyclic) bond motifs is 1. The van der Waals surface area contributed by atoms with Crippen molar-refractivity contribution < 1.29 is 0 Å². The van der Waals surface area contributed by atoms with Crippen molar-refractivity contribution in [1.82, 2.24) is 0 Å². The Morgan fingerprint density at radius 3 is 0.640 bits per heavy atom. The molecular weight excluding hydrogens is 300 g/mol. The summed E-state index contributed by atoms with van der Waals surface area (Å²) in [7, 11) is 0. The van der Waals surface area contributed by atoms with Gasteiger partial charge in [0, 0.05) is 0 Å². The minimum atomic E-state index is 0.917. The Morgan fingerprint density at radius 1 is 0.520 bits per heavy atom. The lowest BCUT2D eigenvalue weighted by Crippen LogP contribution is -1.67. The highest BCUT2D eigenvalue weighted by Gasteiger charge is 2.65. The first-order valence-electron chi connectivity index (χ1n) is 12.2. The van der Waals surface area contributed by atoms with Gasteiger partial charge in [-0.15, -0.1) is 0 Å². The Balaban J connectivity index is 0.000000269. The van der Waals surface area contributed by atoms with E-state index in [1.165, 1.54) is 95.8 Å². The van der Waals surface area contributed by atoms with Crippen molar-refractivity contribution in [3.8, 4) is 0 Å². The molecule has 0 bridgehead atoms.